The predicted octanol–water partition coefficient (Wildman–Crippen LogP) is 2.28. The third-order valence-corrected chi connectivity index (χ3v) is 5.06. The molecule has 1 aromatic heterocycles. The van der Waals surface area contributed by atoms with Gasteiger partial charge in [0, 0.05) is 13.5 Å². The van der Waals surface area contributed by atoms with Crippen LogP contribution in [-0.2, 0) is 28.1 Å². The molecule has 1 aliphatic heterocycles. The molecule has 1 N–H and O–H groups in total. The maximum Gasteiger partial charge on any atom is 0.256 e. The van der Waals surface area contributed by atoms with Crippen LogP contribution in [0.5, 0.6) is 0 Å². The zero-order valence-corrected chi connectivity index (χ0v) is 13.1. The number of ether oxygens (including phenoxy) is 2. The summed E-state index contributed by atoms with van der Waals surface area (Å²) in [5, 5.41) is 0. The predicted molar refractivity (Wildman–Crippen MR) is 79.2 cm³/mol. The second kappa shape index (κ2) is 5.21. The summed E-state index contributed by atoms with van der Waals surface area (Å²) in [6, 6.07) is 0. The van der Waals surface area contributed by atoms with E-state index in [9.17, 15) is 4.79 Å². The summed E-state index contributed by atoms with van der Waals surface area (Å²) in [4.78, 5) is 20.0. The zero-order chi connectivity index (χ0) is 15.1. The average Bonchev–Trinajstić information content (AvgIpc) is 2.48. The largest absolute Gasteiger partial charge is 0.376 e. The van der Waals surface area contributed by atoms with Gasteiger partial charge < -0.3 is 14.5 Å². The zero-order valence-electron chi connectivity index (χ0n) is 13.1. The van der Waals surface area contributed by atoms with Crippen LogP contribution < -0.4 is 5.56 Å². The summed E-state index contributed by atoms with van der Waals surface area (Å²) in [5.74, 6) is 0.700. The molecule has 1 aromatic rings. The molecular weight excluding hydrogens is 268 g/mol. The van der Waals surface area contributed by atoms with Crippen LogP contribution in [0.25, 0.3) is 0 Å². The lowest BCUT2D eigenvalue weighted by molar-refractivity contribution is -0.0734. The number of nitrogens with zero attached hydrogens (tertiary/aromatic N) is 1. The van der Waals surface area contributed by atoms with Gasteiger partial charge in [-0.05, 0) is 31.1 Å². The van der Waals surface area contributed by atoms with Gasteiger partial charge in [0.05, 0.1) is 24.5 Å². The third kappa shape index (κ3) is 2.64. The number of aromatic amines is 1. The molecule has 0 atom stereocenters. The molecule has 0 saturated heterocycles. The number of nitrogens with one attached hydrogen (secondary N) is 1. The number of fused-ring (bicyclic) bond motifs is 1. The Balaban J connectivity index is 1.98. The molecule has 1 aliphatic carbocycles. The van der Waals surface area contributed by atoms with Crippen LogP contribution in [-0.4, -0.2) is 23.7 Å². The molecule has 2 heterocycles. The van der Waals surface area contributed by atoms with Gasteiger partial charge >= 0.3 is 0 Å². The minimum absolute atomic E-state index is 0.0732. The number of aromatic nitrogens is 2. The summed E-state index contributed by atoms with van der Waals surface area (Å²) in [6.07, 6.45) is 4.65. The molecule has 21 heavy (non-hydrogen) atoms. The van der Waals surface area contributed by atoms with E-state index in [1.54, 1.807) is 7.11 Å². The maximum atomic E-state index is 12.3. The molecule has 0 spiro atoms. The smallest absolute Gasteiger partial charge is 0.256 e. The van der Waals surface area contributed by atoms with E-state index in [0.29, 0.717) is 36.4 Å². The minimum Gasteiger partial charge on any atom is -0.376 e. The number of hydrogen-bond acceptors (Lipinski definition) is 4. The Bertz CT molecular complexity index is 582. The van der Waals surface area contributed by atoms with E-state index in [-0.39, 0.29) is 5.56 Å². The molecular formula is C16H24N2O3. The van der Waals surface area contributed by atoms with E-state index in [1.165, 1.54) is 0 Å². The highest BCUT2D eigenvalue weighted by Crippen LogP contribution is 2.46. The van der Waals surface area contributed by atoms with Crippen molar-refractivity contribution in [1.29, 1.82) is 0 Å². The fourth-order valence-corrected chi connectivity index (χ4v) is 3.33. The van der Waals surface area contributed by atoms with Crippen LogP contribution in [0, 0.1) is 5.41 Å². The van der Waals surface area contributed by atoms with Gasteiger partial charge in [-0.3, -0.25) is 4.79 Å². The van der Waals surface area contributed by atoms with E-state index in [0.717, 1.165) is 31.4 Å². The average molecular weight is 292 g/mol. The van der Waals surface area contributed by atoms with Crippen LogP contribution in [0.1, 0.15) is 56.6 Å². The standard InChI is InChI=1S/C16H24N2O3/c1-15(2)5-7-16(20-3,8-6-15)14-17-12-4-9-21-10-11(12)13(19)18-14/h4-10H2,1-3H3,(H,17,18,19). The highest BCUT2D eigenvalue weighted by atomic mass is 16.5. The van der Waals surface area contributed by atoms with Crippen molar-refractivity contribution in [2.75, 3.05) is 13.7 Å². The Morgan fingerprint density at radius 1 is 1.24 bits per heavy atom. The topological polar surface area (TPSA) is 64.2 Å². The summed E-state index contributed by atoms with van der Waals surface area (Å²) in [6.45, 7) is 5.57. The van der Waals surface area contributed by atoms with Gasteiger partial charge in [0.25, 0.3) is 5.56 Å². The van der Waals surface area contributed by atoms with E-state index >= 15 is 0 Å². The number of H-pyrrole nitrogens is 1. The van der Waals surface area contributed by atoms with Gasteiger partial charge in [-0.1, -0.05) is 13.8 Å². The Labute approximate surface area is 125 Å². The summed E-state index contributed by atoms with van der Waals surface area (Å²) in [7, 11) is 1.72. The first-order chi connectivity index (χ1) is 9.96. The van der Waals surface area contributed by atoms with Gasteiger partial charge in [-0.2, -0.15) is 0 Å². The molecule has 0 radical (unpaired) electrons. The maximum absolute atomic E-state index is 12.3. The fourth-order valence-electron chi connectivity index (χ4n) is 3.33. The van der Waals surface area contributed by atoms with E-state index in [2.05, 4.69) is 18.8 Å². The molecule has 1 saturated carbocycles. The molecule has 0 bridgehead atoms. The monoisotopic (exact) mass is 292 g/mol. The van der Waals surface area contributed by atoms with Gasteiger partial charge in [0.2, 0.25) is 0 Å². The highest BCUT2D eigenvalue weighted by Gasteiger charge is 2.42. The molecule has 116 valence electrons. The first-order valence-corrected chi connectivity index (χ1v) is 7.71. The Hall–Kier alpha value is -1.20. The minimum atomic E-state index is -0.442. The van der Waals surface area contributed by atoms with Crippen molar-refractivity contribution < 1.29 is 9.47 Å². The van der Waals surface area contributed by atoms with Crippen LogP contribution in [0.15, 0.2) is 4.79 Å². The van der Waals surface area contributed by atoms with Crippen molar-refractivity contribution in [2.24, 2.45) is 5.41 Å². The Morgan fingerprint density at radius 3 is 2.62 bits per heavy atom. The normalized spacial score (nSPS) is 23.6. The first-order valence-electron chi connectivity index (χ1n) is 7.71. The lowest BCUT2D eigenvalue weighted by Crippen LogP contribution is -2.40. The van der Waals surface area contributed by atoms with Crippen molar-refractivity contribution in [3.05, 3.63) is 27.4 Å². The van der Waals surface area contributed by atoms with E-state index in [4.69, 9.17) is 14.5 Å². The molecule has 2 aliphatic rings. The van der Waals surface area contributed by atoms with Crippen LogP contribution in [0.4, 0.5) is 0 Å². The Morgan fingerprint density at radius 2 is 1.95 bits per heavy atom. The van der Waals surface area contributed by atoms with Crippen molar-refractivity contribution >= 4 is 0 Å². The first kappa shape index (κ1) is 14.7. The van der Waals surface area contributed by atoms with Gasteiger partial charge in [-0.15, -0.1) is 0 Å². The molecule has 0 aromatic carbocycles. The highest BCUT2D eigenvalue weighted by molar-refractivity contribution is 5.21. The van der Waals surface area contributed by atoms with Crippen molar-refractivity contribution in [2.45, 2.75) is 58.2 Å². The van der Waals surface area contributed by atoms with Crippen LogP contribution in [0.2, 0.25) is 0 Å². The lowest BCUT2D eigenvalue weighted by Gasteiger charge is -2.42. The molecule has 1 fully saturated rings. The third-order valence-electron chi connectivity index (χ3n) is 5.06. The second-order valence-corrected chi connectivity index (χ2v) is 7.00. The molecule has 0 unspecified atom stereocenters. The lowest BCUT2D eigenvalue weighted by atomic mass is 9.70. The van der Waals surface area contributed by atoms with Gasteiger partial charge in [-0.25, -0.2) is 4.98 Å². The number of hydrogen-bond donors (Lipinski definition) is 1. The summed E-state index contributed by atoms with van der Waals surface area (Å²) in [5.41, 5.74) is 1.37. The molecule has 0 amide bonds. The molecule has 3 rings (SSSR count). The fraction of sp³-hybridized carbons (Fsp3) is 0.750. The van der Waals surface area contributed by atoms with Crippen LogP contribution in [0.3, 0.4) is 0 Å². The van der Waals surface area contributed by atoms with Crippen molar-refractivity contribution in [3.63, 3.8) is 0 Å². The quantitative estimate of drug-likeness (QED) is 0.908. The number of methoxy groups -OCH3 is 1. The van der Waals surface area contributed by atoms with Gasteiger partial charge in [0.1, 0.15) is 11.4 Å². The van der Waals surface area contributed by atoms with Gasteiger partial charge in [0.15, 0.2) is 0 Å². The molecule has 5 nitrogen and oxygen atoms in total. The summed E-state index contributed by atoms with van der Waals surface area (Å²) >= 11 is 0. The van der Waals surface area contributed by atoms with Crippen LogP contribution >= 0.6 is 0 Å². The second-order valence-electron chi connectivity index (χ2n) is 7.00. The van der Waals surface area contributed by atoms with E-state index < -0.39 is 5.60 Å². The van der Waals surface area contributed by atoms with Crippen molar-refractivity contribution in [1.82, 2.24) is 9.97 Å². The van der Waals surface area contributed by atoms with Crippen molar-refractivity contribution in [3.8, 4) is 0 Å². The Kier molecular flexibility index (Phi) is 3.66. The SMILES string of the molecule is COC1(c2nc3c(c(=O)[nH]2)COCC3)CCC(C)(C)CC1. The summed E-state index contributed by atoms with van der Waals surface area (Å²) < 4.78 is 11.2. The molecule has 5 heteroatoms. The van der Waals surface area contributed by atoms with E-state index in [1.807, 2.05) is 0 Å². The number of rotatable bonds is 2.